The second-order valence-electron chi connectivity index (χ2n) is 13.6. The van der Waals surface area contributed by atoms with Gasteiger partial charge in [-0.1, -0.05) is 133 Å². The number of hydrogen-bond donors (Lipinski definition) is 0. The molecular formula is C49H29N3O2. The van der Waals surface area contributed by atoms with E-state index < -0.39 is 0 Å². The van der Waals surface area contributed by atoms with Crippen molar-refractivity contribution in [3.63, 3.8) is 0 Å². The monoisotopic (exact) mass is 691 g/mol. The molecule has 0 aliphatic heterocycles. The van der Waals surface area contributed by atoms with Gasteiger partial charge >= 0.3 is 0 Å². The molecule has 0 saturated carbocycles. The summed E-state index contributed by atoms with van der Waals surface area (Å²) in [5.74, 6) is 1.68. The van der Waals surface area contributed by atoms with Crippen LogP contribution in [0.15, 0.2) is 185 Å². The Balaban J connectivity index is 1.15. The Morgan fingerprint density at radius 2 is 0.852 bits per heavy atom. The van der Waals surface area contributed by atoms with E-state index in [4.69, 9.17) is 23.8 Å². The molecule has 0 saturated heterocycles. The summed E-state index contributed by atoms with van der Waals surface area (Å²) in [6.45, 7) is 0. The number of hydrogen-bond acceptors (Lipinski definition) is 5. The highest BCUT2D eigenvalue weighted by atomic mass is 16.3. The van der Waals surface area contributed by atoms with Crippen molar-refractivity contribution in [2.24, 2.45) is 0 Å². The molecule has 3 heterocycles. The van der Waals surface area contributed by atoms with E-state index in [1.165, 1.54) is 0 Å². The first kappa shape index (κ1) is 30.3. The normalized spacial score (nSPS) is 11.7. The predicted molar refractivity (Wildman–Crippen MR) is 219 cm³/mol. The molecule has 0 N–H and O–H groups in total. The molecule has 0 aliphatic rings. The molecule has 0 spiro atoms. The molecule has 0 bridgehead atoms. The van der Waals surface area contributed by atoms with Crippen LogP contribution in [0.25, 0.3) is 111 Å². The Bertz CT molecular complexity index is 3220. The van der Waals surface area contributed by atoms with Crippen LogP contribution in [0, 0.1) is 0 Å². The molecule has 5 heteroatoms. The van der Waals surface area contributed by atoms with Crippen molar-refractivity contribution in [2.75, 3.05) is 0 Å². The Morgan fingerprint density at radius 3 is 1.67 bits per heavy atom. The maximum absolute atomic E-state index is 6.89. The SMILES string of the molecule is c1ccc(-c2cccc(-c3nc(-c4ccc5oc6ccccc6c5c4)nc(-c4cccc5c4oc4c6ccccc6c(-c6ccccc6)cc54)n3)c2)cc1. The van der Waals surface area contributed by atoms with Crippen molar-refractivity contribution < 1.29 is 8.83 Å². The van der Waals surface area contributed by atoms with Crippen LogP contribution in [0.2, 0.25) is 0 Å². The molecule has 8 aromatic carbocycles. The molecule has 11 rings (SSSR count). The predicted octanol–water partition coefficient (Wildman–Crippen LogP) is 13.2. The Morgan fingerprint density at radius 1 is 0.278 bits per heavy atom. The van der Waals surface area contributed by atoms with E-state index in [0.717, 1.165) is 93.6 Å². The van der Waals surface area contributed by atoms with Gasteiger partial charge < -0.3 is 8.83 Å². The molecule has 0 fully saturated rings. The summed E-state index contributed by atoms with van der Waals surface area (Å²) in [5, 5.41) is 6.32. The van der Waals surface area contributed by atoms with Gasteiger partial charge in [-0.3, -0.25) is 0 Å². The van der Waals surface area contributed by atoms with Gasteiger partial charge in [0.15, 0.2) is 17.5 Å². The summed E-state index contributed by atoms with van der Waals surface area (Å²) in [4.78, 5) is 15.5. The first-order chi connectivity index (χ1) is 26.7. The van der Waals surface area contributed by atoms with Crippen molar-refractivity contribution in [3.05, 3.63) is 176 Å². The van der Waals surface area contributed by atoms with E-state index in [9.17, 15) is 0 Å². The zero-order valence-corrected chi connectivity index (χ0v) is 28.9. The minimum absolute atomic E-state index is 0.537. The third kappa shape index (κ3) is 4.90. The summed E-state index contributed by atoms with van der Waals surface area (Å²) in [6, 6.07) is 60.4. The van der Waals surface area contributed by atoms with Gasteiger partial charge in [-0.2, -0.15) is 0 Å². The summed E-state index contributed by atoms with van der Waals surface area (Å²) in [6.07, 6.45) is 0. The van der Waals surface area contributed by atoms with Crippen LogP contribution >= 0.6 is 0 Å². The van der Waals surface area contributed by atoms with E-state index in [1.807, 2.05) is 48.5 Å². The molecule has 0 aliphatic carbocycles. The maximum Gasteiger partial charge on any atom is 0.167 e. The van der Waals surface area contributed by atoms with E-state index >= 15 is 0 Å². The fourth-order valence-electron chi connectivity index (χ4n) is 7.74. The number of nitrogens with zero attached hydrogens (tertiary/aromatic N) is 3. The Kier molecular flexibility index (Phi) is 6.79. The zero-order chi connectivity index (χ0) is 35.6. The molecule has 54 heavy (non-hydrogen) atoms. The van der Waals surface area contributed by atoms with Crippen LogP contribution in [-0.2, 0) is 0 Å². The highest BCUT2D eigenvalue weighted by Crippen LogP contribution is 2.42. The number of rotatable bonds is 5. The first-order valence-corrected chi connectivity index (χ1v) is 18.0. The van der Waals surface area contributed by atoms with Gasteiger partial charge in [-0.25, -0.2) is 15.0 Å². The zero-order valence-electron chi connectivity index (χ0n) is 28.9. The van der Waals surface area contributed by atoms with Gasteiger partial charge in [0.2, 0.25) is 0 Å². The van der Waals surface area contributed by atoms with Crippen molar-refractivity contribution in [2.45, 2.75) is 0 Å². The molecule has 5 nitrogen and oxygen atoms in total. The number of benzene rings is 8. The lowest BCUT2D eigenvalue weighted by molar-refractivity contribution is 0.669. The van der Waals surface area contributed by atoms with Gasteiger partial charge in [-0.05, 0) is 70.1 Å². The molecule has 11 aromatic rings. The molecule has 0 atom stereocenters. The fraction of sp³-hybridized carbons (Fsp3) is 0. The first-order valence-electron chi connectivity index (χ1n) is 18.0. The van der Waals surface area contributed by atoms with Crippen LogP contribution in [0.5, 0.6) is 0 Å². The second kappa shape index (κ2) is 12.1. The Labute approximate surface area is 309 Å². The van der Waals surface area contributed by atoms with E-state index in [2.05, 4.69) is 127 Å². The second-order valence-corrected chi connectivity index (χ2v) is 13.6. The van der Waals surface area contributed by atoms with Crippen molar-refractivity contribution in [3.8, 4) is 56.4 Å². The van der Waals surface area contributed by atoms with E-state index in [0.29, 0.717) is 17.5 Å². The van der Waals surface area contributed by atoms with Gasteiger partial charge in [0.1, 0.15) is 22.3 Å². The number of fused-ring (bicyclic) bond motifs is 8. The third-order valence-electron chi connectivity index (χ3n) is 10.3. The molecular weight excluding hydrogens is 663 g/mol. The lowest BCUT2D eigenvalue weighted by atomic mass is 9.95. The van der Waals surface area contributed by atoms with E-state index in [1.54, 1.807) is 0 Å². The number of aromatic nitrogens is 3. The summed E-state index contributed by atoms with van der Waals surface area (Å²) in [5.41, 5.74) is 10.3. The summed E-state index contributed by atoms with van der Waals surface area (Å²) >= 11 is 0. The number of para-hydroxylation sites is 2. The summed E-state index contributed by atoms with van der Waals surface area (Å²) < 4.78 is 13.1. The van der Waals surface area contributed by atoms with Crippen LogP contribution < -0.4 is 0 Å². The lowest BCUT2D eigenvalue weighted by Crippen LogP contribution is -2.00. The van der Waals surface area contributed by atoms with Gasteiger partial charge in [-0.15, -0.1) is 0 Å². The minimum Gasteiger partial charge on any atom is -0.456 e. The van der Waals surface area contributed by atoms with Gasteiger partial charge in [0.05, 0.1) is 5.56 Å². The summed E-state index contributed by atoms with van der Waals surface area (Å²) in [7, 11) is 0. The minimum atomic E-state index is 0.537. The van der Waals surface area contributed by atoms with Crippen LogP contribution in [0.1, 0.15) is 0 Å². The van der Waals surface area contributed by atoms with Crippen LogP contribution in [-0.4, -0.2) is 15.0 Å². The van der Waals surface area contributed by atoms with Crippen molar-refractivity contribution in [1.82, 2.24) is 15.0 Å². The highest BCUT2D eigenvalue weighted by Gasteiger charge is 2.21. The average molecular weight is 692 g/mol. The average Bonchev–Trinajstić information content (AvgIpc) is 3.82. The quantitative estimate of drug-likeness (QED) is 0.180. The van der Waals surface area contributed by atoms with Crippen molar-refractivity contribution in [1.29, 1.82) is 0 Å². The van der Waals surface area contributed by atoms with Crippen LogP contribution in [0.3, 0.4) is 0 Å². The van der Waals surface area contributed by atoms with E-state index in [-0.39, 0.29) is 0 Å². The van der Waals surface area contributed by atoms with Gasteiger partial charge in [0.25, 0.3) is 0 Å². The largest absolute Gasteiger partial charge is 0.456 e. The highest BCUT2D eigenvalue weighted by molar-refractivity contribution is 6.20. The van der Waals surface area contributed by atoms with Crippen LogP contribution in [0.4, 0.5) is 0 Å². The topological polar surface area (TPSA) is 65.0 Å². The maximum atomic E-state index is 6.89. The molecule has 0 amide bonds. The fourth-order valence-corrected chi connectivity index (χ4v) is 7.74. The molecule has 252 valence electrons. The van der Waals surface area contributed by atoms with Gasteiger partial charge in [0, 0.05) is 38.1 Å². The third-order valence-corrected chi connectivity index (χ3v) is 10.3. The molecule has 0 radical (unpaired) electrons. The standard InChI is InChI=1S/C49H29N3O2/c1-3-13-30(14-4-1)32-17-11-18-33(27-32)47-50-48(34-25-26-44-41(28-34)36-20-9-10-24-43(36)53-44)52-49(51-47)39-23-12-22-38-42-29-40(31-15-5-2-6-16-31)35-19-7-8-21-37(35)46(42)54-45(38)39/h1-29H. The lowest BCUT2D eigenvalue weighted by Gasteiger charge is -2.10. The van der Waals surface area contributed by atoms with Crippen molar-refractivity contribution >= 4 is 54.6 Å². The number of furan rings is 2. The molecule has 3 aromatic heterocycles. The smallest absolute Gasteiger partial charge is 0.167 e. The Hall–Kier alpha value is -7.37. The molecule has 0 unspecified atom stereocenters.